The second-order valence-corrected chi connectivity index (χ2v) is 4.08. The second-order valence-electron chi connectivity index (χ2n) is 3.16. The predicted octanol–water partition coefficient (Wildman–Crippen LogP) is 5.15. The Balaban J connectivity index is 0.000000181. The van der Waals surface area contributed by atoms with Crippen LogP contribution in [-0.2, 0) is 6.18 Å². The molecule has 0 nitrogen and oxygen atoms in total. The van der Waals surface area contributed by atoms with Gasteiger partial charge in [0.2, 0.25) is 0 Å². The van der Waals surface area contributed by atoms with E-state index in [0.717, 1.165) is 16.6 Å². The van der Waals surface area contributed by atoms with Gasteiger partial charge in [0.25, 0.3) is 0 Å². The Morgan fingerprint density at radius 3 is 1.35 bits per heavy atom. The summed E-state index contributed by atoms with van der Waals surface area (Å²) in [7, 11) is 0. The SMILES string of the molecule is Brc1ccccc1.FC(F)(F)c1ccccc1. The molecule has 2 aromatic carbocycles. The first-order valence-electron chi connectivity index (χ1n) is 4.83. The Hall–Kier alpha value is -1.29. The Kier molecular flexibility index (Phi) is 5.22. The van der Waals surface area contributed by atoms with Crippen LogP contribution in [0.3, 0.4) is 0 Å². The molecule has 0 radical (unpaired) electrons. The number of halogens is 4. The molecule has 0 amide bonds. The molecule has 0 aliphatic rings. The molecular formula is C13H10BrF3. The van der Waals surface area contributed by atoms with Gasteiger partial charge >= 0.3 is 6.18 Å². The number of benzene rings is 2. The normalized spacial score (nSPS) is 10.4. The van der Waals surface area contributed by atoms with Crippen molar-refractivity contribution in [3.05, 3.63) is 70.7 Å². The van der Waals surface area contributed by atoms with Crippen LogP contribution in [0, 0.1) is 0 Å². The maximum absolute atomic E-state index is 11.8. The van der Waals surface area contributed by atoms with Gasteiger partial charge in [0.05, 0.1) is 5.56 Å². The van der Waals surface area contributed by atoms with Gasteiger partial charge in [0, 0.05) is 4.47 Å². The summed E-state index contributed by atoms with van der Waals surface area (Å²) >= 11 is 3.31. The van der Waals surface area contributed by atoms with Crippen LogP contribution in [0.15, 0.2) is 65.1 Å². The van der Waals surface area contributed by atoms with E-state index in [2.05, 4.69) is 15.9 Å². The van der Waals surface area contributed by atoms with Crippen LogP contribution >= 0.6 is 15.9 Å². The van der Waals surface area contributed by atoms with E-state index in [0.29, 0.717) is 0 Å². The maximum Gasteiger partial charge on any atom is 0.416 e. The quantitative estimate of drug-likeness (QED) is 0.631. The average Bonchev–Trinajstić information content (AvgIpc) is 2.31. The number of rotatable bonds is 0. The fourth-order valence-electron chi connectivity index (χ4n) is 1.04. The van der Waals surface area contributed by atoms with Crippen LogP contribution in [-0.4, -0.2) is 0 Å². The van der Waals surface area contributed by atoms with E-state index in [-0.39, 0.29) is 0 Å². The zero-order valence-electron chi connectivity index (χ0n) is 8.79. The van der Waals surface area contributed by atoms with Crippen molar-refractivity contribution in [2.24, 2.45) is 0 Å². The highest BCUT2D eigenvalue weighted by molar-refractivity contribution is 9.10. The van der Waals surface area contributed by atoms with Gasteiger partial charge in [-0.25, -0.2) is 0 Å². The Labute approximate surface area is 106 Å². The zero-order chi connectivity index (χ0) is 12.7. The van der Waals surface area contributed by atoms with Crippen molar-refractivity contribution >= 4 is 15.9 Å². The van der Waals surface area contributed by atoms with E-state index in [9.17, 15) is 13.2 Å². The molecule has 0 atom stereocenters. The largest absolute Gasteiger partial charge is 0.416 e. The molecular weight excluding hydrogens is 293 g/mol. The molecule has 0 saturated heterocycles. The molecule has 90 valence electrons. The molecule has 0 aliphatic carbocycles. The van der Waals surface area contributed by atoms with Crippen molar-refractivity contribution in [2.45, 2.75) is 6.18 Å². The van der Waals surface area contributed by atoms with Gasteiger partial charge in [-0.2, -0.15) is 13.2 Å². The van der Waals surface area contributed by atoms with Crippen molar-refractivity contribution in [2.75, 3.05) is 0 Å². The molecule has 0 bridgehead atoms. The molecule has 2 aromatic rings. The van der Waals surface area contributed by atoms with Gasteiger partial charge in [-0.05, 0) is 12.1 Å². The molecule has 0 heterocycles. The summed E-state index contributed by atoms with van der Waals surface area (Å²) in [6.07, 6.45) is -4.21. The average molecular weight is 303 g/mol. The fraction of sp³-hybridized carbons (Fsp3) is 0.0769. The summed E-state index contributed by atoms with van der Waals surface area (Å²) in [6.45, 7) is 0. The molecule has 0 N–H and O–H groups in total. The first kappa shape index (κ1) is 13.8. The number of alkyl halides is 3. The lowest BCUT2D eigenvalue weighted by molar-refractivity contribution is -0.137. The third-order valence-corrected chi connectivity index (χ3v) is 2.36. The van der Waals surface area contributed by atoms with E-state index in [4.69, 9.17) is 0 Å². The highest BCUT2D eigenvalue weighted by Crippen LogP contribution is 2.28. The van der Waals surface area contributed by atoms with Crippen molar-refractivity contribution in [1.82, 2.24) is 0 Å². The number of hydrogen-bond donors (Lipinski definition) is 0. The summed E-state index contributed by atoms with van der Waals surface area (Å²) in [5.41, 5.74) is -0.602. The lowest BCUT2D eigenvalue weighted by atomic mass is 10.2. The van der Waals surface area contributed by atoms with Gasteiger partial charge in [-0.1, -0.05) is 64.5 Å². The maximum atomic E-state index is 11.8. The Morgan fingerprint density at radius 1 is 0.706 bits per heavy atom. The lowest BCUT2D eigenvalue weighted by Gasteiger charge is -2.03. The van der Waals surface area contributed by atoms with Crippen LogP contribution < -0.4 is 0 Å². The van der Waals surface area contributed by atoms with Gasteiger partial charge in [0.15, 0.2) is 0 Å². The Morgan fingerprint density at radius 2 is 1.12 bits per heavy atom. The van der Waals surface area contributed by atoms with Crippen molar-refractivity contribution < 1.29 is 13.2 Å². The minimum atomic E-state index is -4.21. The summed E-state index contributed by atoms with van der Waals surface area (Å²) in [5.74, 6) is 0. The van der Waals surface area contributed by atoms with Crippen molar-refractivity contribution in [3.8, 4) is 0 Å². The first-order valence-corrected chi connectivity index (χ1v) is 5.62. The fourth-order valence-corrected chi connectivity index (χ4v) is 1.35. The number of hydrogen-bond acceptors (Lipinski definition) is 0. The monoisotopic (exact) mass is 302 g/mol. The molecule has 4 heteroatoms. The lowest BCUT2D eigenvalue weighted by Crippen LogP contribution is -2.03. The van der Waals surface area contributed by atoms with E-state index in [1.165, 1.54) is 12.1 Å². The molecule has 0 aliphatic heterocycles. The third kappa shape index (κ3) is 5.54. The van der Waals surface area contributed by atoms with Crippen molar-refractivity contribution in [1.29, 1.82) is 0 Å². The van der Waals surface area contributed by atoms with Gasteiger partial charge < -0.3 is 0 Å². The summed E-state index contributed by atoms with van der Waals surface area (Å²) in [4.78, 5) is 0. The second kappa shape index (κ2) is 6.45. The molecule has 17 heavy (non-hydrogen) atoms. The third-order valence-electron chi connectivity index (χ3n) is 1.83. The molecule has 0 spiro atoms. The predicted molar refractivity (Wildman–Crippen MR) is 65.6 cm³/mol. The van der Waals surface area contributed by atoms with E-state index < -0.39 is 11.7 Å². The molecule has 2 rings (SSSR count). The highest BCUT2D eigenvalue weighted by atomic mass is 79.9. The van der Waals surface area contributed by atoms with Gasteiger partial charge in [0.1, 0.15) is 0 Å². The minimum Gasteiger partial charge on any atom is -0.166 e. The Bertz CT molecular complexity index is 423. The van der Waals surface area contributed by atoms with E-state index in [1.807, 2.05) is 30.3 Å². The van der Waals surface area contributed by atoms with E-state index in [1.54, 1.807) is 6.07 Å². The van der Waals surface area contributed by atoms with Crippen LogP contribution in [0.4, 0.5) is 13.2 Å². The first-order chi connectivity index (χ1) is 8.00. The van der Waals surface area contributed by atoms with Crippen LogP contribution in [0.25, 0.3) is 0 Å². The highest BCUT2D eigenvalue weighted by Gasteiger charge is 2.29. The van der Waals surface area contributed by atoms with Crippen LogP contribution in [0.2, 0.25) is 0 Å². The molecule has 0 aromatic heterocycles. The standard InChI is InChI=1S/C7H5F3.C6H5Br/c8-7(9,10)6-4-2-1-3-5-6;7-6-4-2-1-3-5-6/h1-5H;1-5H. The molecule has 0 unspecified atom stereocenters. The van der Waals surface area contributed by atoms with Crippen LogP contribution in [0.5, 0.6) is 0 Å². The summed E-state index contributed by atoms with van der Waals surface area (Å²) in [5, 5.41) is 0. The van der Waals surface area contributed by atoms with Crippen molar-refractivity contribution in [3.63, 3.8) is 0 Å². The molecule has 0 fully saturated rings. The summed E-state index contributed by atoms with van der Waals surface area (Å²) < 4.78 is 36.5. The topological polar surface area (TPSA) is 0 Å². The zero-order valence-corrected chi connectivity index (χ0v) is 10.4. The summed E-state index contributed by atoms with van der Waals surface area (Å²) in [6, 6.07) is 16.3. The smallest absolute Gasteiger partial charge is 0.166 e. The van der Waals surface area contributed by atoms with Gasteiger partial charge in [-0.3, -0.25) is 0 Å². The minimum absolute atomic E-state index is 0.602. The van der Waals surface area contributed by atoms with Gasteiger partial charge in [-0.15, -0.1) is 0 Å². The van der Waals surface area contributed by atoms with E-state index >= 15 is 0 Å². The molecule has 0 saturated carbocycles. The van der Waals surface area contributed by atoms with Crippen LogP contribution in [0.1, 0.15) is 5.56 Å².